The molecule has 1 aromatic rings. The number of amides is 1. The van der Waals surface area contributed by atoms with Crippen LogP contribution in [0, 0.1) is 5.92 Å². The molecule has 1 amide bonds. The zero-order valence-electron chi connectivity index (χ0n) is 13.4. The third kappa shape index (κ3) is 6.30. The maximum absolute atomic E-state index is 12.1. The van der Waals surface area contributed by atoms with Crippen LogP contribution in [0.3, 0.4) is 0 Å². The molecule has 1 aromatic carbocycles. The minimum atomic E-state index is -0.808. The van der Waals surface area contributed by atoms with Crippen LogP contribution in [0.4, 0.5) is 0 Å². The molecule has 1 aliphatic carbocycles. The Kier molecular flexibility index (Phi) is 6.91. The first-order chi connectivity index (χ1) is 11.1. The zero-order chi connectivity index (χ0) is 16.5. The zero-order valence-corrected chi connectivity index (χ0v) is 13.4. The van der Waals surface area contributed by atoms with E-state index in [1.165, 1.54) is 6.42 Å². The summed E-state index contributed by atoms with van der Waals surface area (Å²) in [6.45, 7) is 0.929. The fourth-order valence-corrected chi connectivity index (χ4v) is 2.82. The molecule has 0 heterocycles. The summed E-state index contributed by atoms with van der Waals surface area (Å²) < 4.78 is 5.48. The van der Waals surface area contributed by atoms with Crippen molar-refractivity contribution >= 4 is 11.9 Å². The molecule has 2 rings (SSSR count). The second-order valence-corrected chi connectivity index (χ2v) is 6.04. The van der Waals surface area contributed by atoms with Crippen LogP contribution >= 0.6 is 0 Å². The van der Waals surface area contributed by atoms with Crippen molar-refractivity contribution in [2.45, 2.75) is 51.5 Å². The Morgan fingerprint density at radius 3 is 2.48 bits per heavy atom. The molecule has 0 radical (unpaired) electrons. The molecule has 5 heteroatoms. The fraction of sp³-hybridized carbons (Fsp3) is 0.556. The Hall–Kier alpha value is -2.04. The molecule has 0 atom stereocenters. The Bertz CT molecular complexity index is 506. The number of carbonyl (C=O) groups is 2. The van der Waals surface area contributed by atoms with Crippen LogP contribution in [-0.2, 0) is 16.1 Å². The summed E-state index contributed by atoms with van der Waals surface area (Å²) in [5.74, 6) is 0.259. The summed E-state index contributed by atoms with van der Waals surface area (Å²) in [5.41, 5.74) is 1.03. The molecular formula is C18H25NO4. The number of carboxylic acids is 1. The van der Waals surface area contributed by atoms with E-state index < -0.39 is 5.97 Å². The van der Waals surface area contributed by atoms with E-state index in [1.54, 1.807) is 0 Å². The van der Waals surface area contributed by atoms with Gasteiger partial charge in [0.2, 0.25) is 5.91 Å². The lowest BCUT2D eigenvalue weighted by Crippen LogP contribution is -2.31. The topological polar surface area (TPSA) is 75.6 Å². The molecule has 0 unspecified atom stereocenters. The molecule has 0 aromatic heterocycles. The van der Waals surface area contributed by atoms with E-state index in [2.05, 4.69) is 5.32 Å². The average molecular weight is 319 g/mol. The molecule has 126 valence electrons. The van der Waals surface area contributed by atoms with E-state index in [-0.39, 0.29) is 18.2 Å². The van der Waals surface area contributed by atoms with Gasteiger partial charge in [0, 0.05) is 18.9 Å². The Balaban J connectivity index is 1.69. The fourth-order valence-electron chi connectivity index (χ4n) is 2.82. The van der Waals surface area contributed by atoms with Crippen molar-refractivity contribution in [3.05, 3.63) is 29.8 Å². The van der Waals surface area contributed by atoms with E-state index in [0.29, 0.717) is 19.6 Å². The quantitative estimate of drug-likeness (QED) is 0.722. The van der Waals surface area contributed by atoms with Crippen molar-refractivity contribution in [2.75, 3.05) is 6.61 Å². The van der Waals surface area contributed by atoms with Gasteiger partial charge in [-0.05, 0) is 37.0 Å². The summed E-state index contributed by atoms with van der Waals surface area (Å²) in [7, 11) is 0. The molecule has 1 aliphatic rings. The van der Waals surface area contributed by atoms with E-state index in [4.69, 9.17) is 9.84 Å². The highest BCUT2D eigenvalue weighted by atomic mass is 16.5. The third-order valence-corrected chi connectivity index (χ3v) is 4.17. The van der Waals surface area contributed by atoms with Gasteiger partial charge in [-0.25, -0.2) is 0 Å². The second kappa shape index (κ2) is 9.18. The number of benzene rings is 1. The van der Waals surface area contributed by atoms with E-state index in [0.717, 1.165) is 37.0 Å². The Morgan fingerprint density at radius 2 is 1.83 bits per heavy atom. The molecule has 1 saturated carbocycles. The van der Waals surface area contributed by atoms with Crippen LogP contribution in [0.2, 0.25) is 0 Å². The van der Waals surface area contributed by atoms with Crippen molar-refractivity contribution in [3.63, 3.8) is 0 Å². The summed E-state index contributed by atoms with van der Waals surface area (Å²) >= 11 is 0. The van der Waals surface area contributed by atoms with Gasteiger partial charge in [-0.15, -0.1) is 0 Å². The van der Waals surface area contributed by atoms with Crippen molar-refractivity contribution in [1.82, 2.24) is 5.32 Å². The standard InChI is InChI=1S/C18H25NO4/c20-17(21)7-4-12-23-16-10-8-14(9-11-16)13-19-18(22)15-5-2-1-3-6-15/h8-11,15H,1-7,12-13H2,(H,19,22)(H,20,21). The van der Waals surface area contributed by atoms with Crippen LogP contribution in [0.1, 0.15) is 50.5 Å². The number of carboxylic acid groups (broad SMARTS) is 1. The minimum Gasteiger partial charge on any atom is -0.494 e. The van der Waals surface area contributed by atoms with Gasteiger partial charge in [0.15, 0.2) is 0 Å². The monoisotopic (exact) mass is 319 g/mol. The molecule has 0 saturated heterocycles. The van der Waals surface area contributed by atoms with Gasteiger partial charge in [0.25, 0.3) is 0 Å². The van der Waals surface area contributed by atoms with Crippen molar-refractivity contribution in [1.29, 1.82) is 0 Å². The number of aliphatic carboxylic acids is 1. The predicted molar refractivity (Wildman–Crippen MR) is 87.2 cm³/mol. The molecule has 2 N–H and O–H groups in total. The normalized spacial score (nSPS) is 15.1. The lowest BCUT2D eigenvalue weighted by atomic mass is 9.88. The lowest BCUT2D eigenvalue weighted by Gasteiger charge is -2.20. The van der Waals surface area contributed by atoms with Gasteiger partial charge in [-0.2, -0.15) is 0 Å². The van der Waals surface area contributed by atoms with Crippen LogP contribution in [0.25, 0.3) is 0 Å². The molecule has 1 fully saturated rings. The maximum Gasteiger partial charge on any atom is 0.303 e. The second-order valence-electron chi connectivity index (χ2n) is 6.04. The van der Waals surface area contributed by atoms with Gasteiger partial charge >= 0.3 is 5.97 Å². The molecular weight excluding hydrogens is 294 g/mol. The van der Waals surface area contributed by atoms with Crippen molar-refractivity contribution in [3.8, 4) is 5.75 Å². The minimum absolute atomic E-state index is 0.116. The molecule has 0 aliphatic heterocycles. The Labute approximate surface area is 137 Å². The van der Waals surface area contributed by atoms with Crippen molar-refractivity contribution in [2.24, 2.45) is 5.92 Å². The first kappa shape index (κ1) is 17.3. The van der Waals surface area contributed by atoms with Gasteiger partial charge < -0.3 is 15.2 Å². The SMILES string of the molecule is O=C(O)CCCOc1ccc(CNC(=O)C2CCCCC2)cc1. The number of carbonyl (C=O) groups excluding carboxylic acids is 1. The molecule has 0 spiro atoms. The van der Waals surface area contributed by atoms with Crippen LogP contribution in [0.5, 0.6) is 5.75 Å². The van der Waals surface area contributed by atoms with Crippen LogP contribution in [0.15, 0.2) is 24.3 Å². The third-order valence-electron chi connectivity index (χ3n) is 4.17. The molecule has 0 bridgehead atoms. The summed E-state index contributed by atoms with van der Waals surface area (Å²) in [4.78, 5) is 22.5. The van der Waals surface area contributed by atoms with E-state index in [1.807, 2.05) is 24.3 Å². The van der Waals surface area contributed by atoms with Gasteiger partial charge in [0.05, 0.1) is 6.61 Å². The predicted octanol–water partition coefficient (Wildman–Crippen LogP) is 3.13. The first-order valence-electron chi connectivity index (χ1n) is 8.36. The first-order valence-corrected chi connectivity index (χ1v) is 8.36. The summed E-state index contributed by atoms with van der Waals surface area (Å²) in [5, 5.41) is 11.6. The maximum atomic E-state index is 12.1. The molecule has 5 nitrogen and oxygen atoms in total. The highest BCUT2D eigenvalue weighted by molar-refractivity contribution is 5.78. The molecule has 23 heavy (non-hydrogen) atoms. The summed E-state index contributed by atoms with van der Waals surface area (Å²) in [6, 6.07) is 7.55. The van der Waals surface area contributed by atoms with Crippen molar-refractivity contribution < 1.29 is 19.4 Å². The summed E-state index contributed by atoms with van der Waals surface area (Å²) in [6.07, 6.45) is 6.19. The highest BCUT2D eigenvalue weighted by Gasteiger charge is 2.20. The number of nitrogens with one attached hydrogen (secondary N) is 1. The average Bonchev–Trinajstić information content (AvgIpc) is 2.58. The number of hydrogen-bond donors (Lipinski definition) is 2. The lowest BCUT2D eigenvalue weighted by molar-refractivity contribution is -0.137. The number of hydrogen-bond acceptors (Lipinski definition) is 3. The number of ether oxygens (including phenoxy) is 1. The van der Waals surface area contributed by atoms with Gasteiger partial charge in [-0.3, -0.25) is 9.59 Å². The van der Waals surface area contributed by atoms with Crippen LogP contribution < -0.4 is 10.1 Å². The number of rotatable bonds is 8. The highest BCUT2D eigenvalue weighted by Crippen LogP contribution is 2.23. The van der Waals surface area contributed by atoms with E-state index >= 15 is 0 Å². The largest absolute Gasteiger partial charge is 0.494 e. The van der Waals surface area contributed by atoms with Gasteiger partial charge in [-0.1, -0.05) is 31.4 Å². The van der Waals surface area contributed by atoms with E-state index in [9.17, 15) is 9.59 Å². The van der Waals surface area contributed by atoms with Gasteiger partial charge in [0.1, 0.15) is 5.75 Å². The van der Waals surface area contributed by atoms with Crippen LogP contribution in [-0.4, -0.2) is 23.6 Å². The smallest absolute Gasteiger partial charge is 0.303 e. The Morgan fingerprint density at radius 1 is 1.13 bits per heavy atom.